The zero-order valence-electron chi connectivity index (χ0n) is 13.7. The quantitative estimate of drug-likeness (QED) is 0.871. The third-order valence-electron chi connectivity index (χ3n) is 4.07. The van der Waals surface area contributed by atoms with Gasteiger partial charge in [-0.05, 0) is 26.0 Å². The van der Waals surface area contributed by atoms with Crippen LogP contribution < -0.4 is 10.6 Å². The highest BCUT2D eigenvalue weighted by Crippen LogP contribution is 2.20. The van der Waals surface area contributed by atoms with Crippen LogP contribution in [0.4, 0.5) is 0 Å². The van der Waals surface area contributed by atoms with Gasteiger partial charge < -0.3 is 19.9 Å². The molecule has 0 aliphatic carbocycles. The fourth-order valence-electron chi connectivity index (χ4n) is 3.00. The van der Waals surface area contributed by atoms with Crippen LogP contribution in [0.15, 0.2) is 24.3 Å². The number of nitrogens with zero attached hydrogens (tertiary/aromatic N) is 2. The van der Waals surface area contributed by atoms with Crippen molar-refractivity contribution in [3.05, 3.63) is 30.1 Å². The van der Waals surface area contributed by atoms with E-state index in [0.29, 0.717) is 32.2 Å². The molecule has 1 fully saturated rings. The summed E-state index contributed by atoms with van der Waals surface area (Å²) < 4.78 is 7.56. The Balaban J connectivity index is 1.65. The van der Waals surface area contributed by atoms with Crippen LogP contribution in [-0.4, -0.2) is 47.8 Å². The van der Waals surface area contributed by atoms with Crippen molar-refractivity contribution in [2.45, 2.75) is 32.4 Å². The molecule has 1 aromatic heterocycles. The van der Waals surface area contributed by atoms with Crippen LogP contribution in [0.3, 0.4) is 0 Å². The summed E-state index contributed by atoms with van der Waals surface area (Å²) in [6.07, 6.45) is 0.714. The number of fused-ring (bicyclic) bond motifs is 1. The molecule has 0 saturated carbocycles. The maximum Gasteiger partial charge on any atom is 0.239 e. The van der Waals surface area contributed by atoms with Crippen molar-refractivity contribution < 1.29 is 9.53 Å². The van der Waals surface area contributed by atoms with E-state index in [9.17, 15) is 4.79 Å². The summed E-state index contributed by atoms with van der Waals surface area (Å²) in [5, 5.41) is 6.14. The van der Waals surface area contributed by atoms with Gasteiger partial charge in [-0.3, -0.25) is 4.79 Å². The van der Waals surface area contributed by atoms with Crippen LogP contribution in [-0.2, 0) is 16.0 Å². The summed E-state index contributed by atoms with van der Waals surface area (Å²) in [5.41, 5.74) is 2.15. The maximum absolute atomic E-state index is 12.1. The molecule has 2 heterocycles. The summed E-state index contributed by atoms with van der Waals surface area (Å²) in [5.74, 6) is 1.01. The molecule has 1 amide bonds. The van der Waals surface area contributed by atoms with Gasteiger partial charge in [0.15, 0.2) is 0 Å². The van der Waals surface area contributed by atoms with Gasteiger partial charge in [-0.15, -0.1) is 0 Å². The van der Waals surface area contributed by atoms with Crippen LogP contribution in [0.25, 0.3) is 11.0 Å². The number of hydrogen-bond acceptors (Lipinski definition) is 4. The Morgan fingerprint density at radius 2 is 2.30 bits per heavy atom. The lowest BCUT2D eigenvalue weighted by Gasteiger charge is -2.22. The van der Waals surface area contributed by atoms with Gasteiger partial charge in [0.2, 0.25) is 5.91 Å². The first-order valence-electron chi connectivity index (χ1n) is 8.21. The second-order valence-electron chi connectivity index (χ2n) is 6.10. The first-order valence-corrected chi connectivity index (χ1v) is 8.21. The van der Waals surface area contributed by atoms with Gasteiger partial charge in [0.05, 0.1) is 24.2 Å². The van der Waals surface area contributed by atoms with Crippen molar-refractivity contribution in [2.75, 3.05) is 26.3 Å². The largest absolute Gasteiger partial charge is 0.378 e. The van der Waals surface area contributed by atoms with Crippen molar-refractivity contribution >= 4 is 16.9 Å². The number of amides is 1. The number of hydrogen-bond donors (Lipinski definition) is 2. The van der Waals surface area contributed by atoms with Crippen molar-refractivity contribution in [1.82, 2.24) is 20.2 Å². The predicted molar refractivity (Wildman–Crippen MR) is 89.4 cm³/mol. The molecule has 0 radical (unpaired) electrons. The predicted octanol–water partition coefficient (Wildman–Crippen LogP) is 1.26. The zero-order chi connectivity index (χ0) is 16.2. The number of benzene rings is 1. The van der Waals surface area contributed by atoms with Gasteiger partial charge in [-0.2, -0.15) is 0 Å². The molecule has 3 rings (SSSR count). The number of para-hydroxylation sites is 2. The SMILES string of the molecule is CC(C)n1c(CCNC(=O)C2COCCN2)nc2ccccc21. The molecule has 1 aliphatic heterocycles. The van der Waals surface area contributed by atoms with E-state index in [2.05, 4.69) is 35.1 Å². The van der Waals surface area contributed by atoms with Gasteiger partial charge in [-0.25, -0.2) is 4.98 Å². The molecule has 2 aromatic rings. The number of ether oxygens (including phenoxy) is 1. The van der Waals surface area contributed by atoms with Crippen LogP contribution in [0, 0.1) is 0 Å². The van der Waals surface area contributed by atoms with E-state index in [1.54, 1.807) is 0 Å². The molecule has 6 heteroatoms. The highest BCUT2D eigenvalue weighted by Gasteiger charge is 2.21. The zero-order valence-corrected chi connectivity index (χ0v) is 13.7. The molecule has 0 bridgehead atoms. The summed E-state index contributed by atoms with van der Waals surface area (Å²) in [6, 6.07) is 8.24. The fraction of sp³-hybridized carbons (Fsp3) is 0.529. The maximum atomic E-state index is 12.1. The monoisotopic (exact) mass is 316 g/mol. The molecule has 124 valence electrons. The third kappa shape index (κ3) is 3.54. The number of morpholine rings is 1. The van der Waals surface area contributed by atoms with Gasteiger partial charge in [0.25, 0.3) is 0 Å². The van der Waals surface area contributed by atoms with Crippen LogP contribution in [0.1, 0.15) is 25.7 Å². The van der Waals surface area contributed by atoms with E-state index in [4.69, 9.17) is 9.72 Å². The van der Waals surface area contributed by atoms with Crippen LogP contribution >= 0.6 is 0 Å². The average Bonchev–Trinajstić information content (AvgIpc) is 2.94. The van der Waals surface area contributed by atoms with E-state index < -0.39 is 0 Å². The van der Waals surface area contributed by atoms with Gasteiger partial charge in [-0.1, -0.05) is 12.1 Å². The normalized spacial score (nSPS) is 18.5. The highest BCUT2D eigenvalue weighted by molar-refractivity contribution is 5.82. The minimum Gasteiger partial charge on any atom is -0.378 e. The van der Waals surface area contributed by atoms with Crippen molar-refractivity contribution in [1.29, 1.82) is 0 Å². The lowest BCUT2D eigenvalue weighted by Crippen LogP contribution is -2.51. The van der Waals surface area contributed by atoms with Crippen LogP contribution in [0.5, 0.6) is 0 Å². The summed E-state index contributed by atoms with van der Waals surface area (Å²) in [7, 11) is 0. The fourth-order valence-corrected chi connectivity index (χ4v) is 3.00. The van der Waals surface area contributed by atoms with Gasteiger partial charge in [0, 0.05) is 25.6 Å². The molecule has 1 atom stereocenters. The van der Waals surface area contributed by atoms with Gasteiger partial charge >= 0.3 is 0 Å². The second-order valence-corrected chi connectivity index (χ2v) is 6.10. The van der Waals surface area contributed by atoms with Crippen molar-refractivity contribution in [3.63, 3.8) is 0 Å². The van der Waals surface area contributed by atoms with E-state index in [1.807, 2.05) is 18.2 Å². The van der Waals surface area contributed by atoms with Gasteiger partial charge in [0.1, 0.15) is 11.9 Å². The number of aromatic nitrogens is 2. The Bertz CT molecular complexity index is 674. The molecule has 1 aromatic carbocycles. The Kier molecular flexibility index (Phi) is 4.93. The first kappa shape index (κ1) is 16.0. The number of carbonyl (C=O) groups is 1. The Hall–Kier alpha value is -1.92. The number of rotatable bonds is 5. The molecule has 23 heavy (non-hydrogen) atoms. The van der Waals surface area contributed by atoms with Crippen LogP contribution in [0.2, 0.25) is 0 Å². The lowest BCUT2D eigenvalue weighted by molar-refractivity contribution is -0.125. The van der Waals surface area contributed by atoms with E-state index in [1.165, 1.54) is 0 Å². The number of imidazole rings is 1. The Morgan fingerprint density at radius 1 is 1.48 bits per heavy atom. The Labute approximate surface area is 136 Å². The molecule has 2 N–H and O–H groups in total. The van der Waals surface area contributed by atoms with Crippen molar-refractivity contribution in [2.24, 2.45) is 0 Å². The summed E-state index contributed by atoms with van der Waals surface area (Å²) in [6.45, 7) is 6.71. The van der Waals surface area contributed by atoms with E-state index >= 15 is 0 Å². The molecular weight excluding hydrogens is 292 g/mol. The molecular formula is C17H24N4O2. The second kappa shape index (κ2) is 7.10. The van der Waals surface area contributed by atoms with E-state index in [-0.39, 0.29) is 11.9 Å². The minimum absolute atomic E-state index is 0.00286. The summed E-state index contributed by atoms with van der Waals surface area (Å²) >= 11 is 0. The average molecular weight is 316 g/mol. The molecule has 1 unspecified atom stereocenters. The van der Waals surface area contributed by atoms with Crippen molar-refractivity contribution in [3.8, 4) is 0 Å². The smallest absolute Gasteiger partial charge is 0.239 e. The molecule has 1 aliphatic rings. The Morgan fingerprint density at radius 3 is 3.04 bits per heavy atom. The highest BCUT2D eigenvalue weighted by atomic mass is 16.5. The number of nitrogens with one attached hydrogen (secondary N) is 2. The third-order valence-corrected chi connectivity index (χ3v) is 4.07. The topological polar surface area (TPSA) is 68.2 Å². The molecule has 1 saturated heterocycles. The van der Waals surface area contributed by atoms with E-state index in [0.717, 1.165) is 23.4 Å². The molecule has 0 spiro atoms. The summed E-state index contributed by atoms with van der Waals surface area (Å²) in [4.78, 5) is 16.8. The standard InChI is InChI=1S/C17H24N4O2/c1-12(2)21-15-6-4-3-5-13(15)20-16(21)7-8-19-17(22)14-11-23-10-9-18-14/h3-6,12,14,18H,7-11H2,1-2H3,(H,19,22). The first-order chi connectivity index (χ1) is 11.2. The minimum atomic E-state index is -0.243. The molecule has 6 nitrogen and oxygen atoms in total. The number of carbonyl (C=O) groups excluding carboxylic acids is 1. The lowest BCUT2D eigenvalue weighted by atomic mass is 10.2.